The molecule has 0 fully saturated rings. The molecule has 5 rings (SSSR count). The van der Waals surface area contributed by atoms with Gasteiger partial charge in [0, 0.05) is 24.2 Å². The number of imidazole rings is 2. The lowest BCUT2D eigenvalue weighted by atomic mass is 9.98. The highest BCUT2D eigenvalue weighted by molar-refractivity contribution is 7.86. The summed E-state index contributed by atoms with van der Waals surface area (Å²) in [7, 11) is -9.06. The molecule has 2 aromatic heterocycles. The van der Waals surface area contributed by atoms with Gasteiger partial charge in [-0.2, -0.15) is 16.8 Å². The van der Waals surface area contributed by atoms with Crippen LogP contribution in [0.4, 0.5) is 0 Å². The molecule has 0 saturated carbocycles. The molecule has 12 heteroatoms. The first-order valence-electron chi connectivity index (χ1n) is 17.8. The third kappa shape index (κ3) is 7.98. The molecule has 10 nitrogen and oxygen atoms in total. The summed E-state index contributed by atoms with van der Waals surface area (Å²) in [6, 6.07) is 14.4. The zero-order chi connectivity index (χ0) is 36.4. The number of rotatable bonds is 16. The van der Waals surface area contributed by atoms with Gasteiger partial charge in [0.15, 0.2) is 0 Å². The van der Waals surface area contributed by atoms with Crippen LogP contribution in [0.5, 0.6) is 0 Å². The molecule has 0 aliphatic carbocycles. The minimum absolute atomic E-state index is 0.210. The topological polar surface area (TPSA) is 144 Å². The second-order valence-corrected chi connectivity index (χ2v) is 16.5. The SMILES string of the molecule is CCCCC(CC)Cn1c(-c2ccc(-c3nc4c(S(=O)(=O)O)cc(C)cc4n3CC(CC)CCCC)cc2)nc2c(S(=O)(=O)O)cc(C)cc21. The average molecular weight is 723 g/mol. The van der Waals surface area contributed by atoms with Crippen molar-refractivity contribution >= 4 is 42.3 Å². The van der Waals surface area contributed by atoms with Gasteiger partial charge in [-0.25, -0.2) is 9.97 Å². The number of fused-ring (bicyclic) bond motifs is 2. The monoisotopic (exact) mass is 722 g/mol. The molecule has 2 unspecified atom stereocenters. The van der Waals surface area contributed by atoms with Crippen molar-refractivity contribution < 1.29 is 25.9 Å². The van der Waals surface area contributed by atoms with Gasteiger partial charge in [0.05, 0.1) is 11.0 Å². The molecule has 0 bridgehead atoms. The van der Waals surface area contributed by atoms with Crippen LogP contribution in [-0.2, 0) is 33.3 Å². The summed E-state index contributed by atoms with van der Waals surface area (Å²) in [5.74, 6) is 1.89. The molecule has 50 heavy (non-hydrogen) atoms. The molecule has 0 amide bonds. The van der Waals surface area contributed by atoms with Gasteiger partial charge < -0.3 is 9.13 Å². The Bertz CT molecular complexity index is 2050. The van der Waals surface area contributed by atoms with E-state index in [9.17, 15) is 25.9 Å². The Morgan fingerprint density at radius 2 is 0.980 bits per heavy atom. The number of aryl methyl sites for hydroxylation is 2. The van der Waals surface area contributed by atoms with E-state index in [4.69, 9.17) is 9.97 Å². The first-order chi connectivity index (χ1) is 23.7. The highest BCUT2D eigenvalue weighted by atomic mass is 32.2. The summed E-state index contributed by atoms with van der Waals surface area (Å²) >= 11 is 0. The van der Waals surface area contributed by atoms with Gasteiger partial charge >= 0.3 is 0 Å². The fraction of sp³-hybridized carbons (Fsp3) is 0.474. The van der Waals surface area contributed by atoms with Crippen LogP contribution in [0.1, 0.15) is 90.2 Å². The molecular weight excluding hydrogens is 673 g/mol. The molecule has 5 aromatic rings. The zero-order valence-corrected chi connectivity index (χ0v) is 31.6. The van der Waals surface area contributed by atoms with Gasteiger partial charge in [-0.3, -0.25) is 9.11 Å². The third-order valence-electron chi connectivity index (χ3n) is 9.85. The Morgan fingerprint density at radius 1 is 0.620 bits per heavy atom. The lowest BCUT2D eigenvalue weighted by Gasteiger charge is -2.19. The van der Waals surface area contributed by atoms with E-state index in [1.165, 1.54) is 12.1 Å². The van der Waals surface area contributed by atoms with E-state index in [1.54, 1.807) is 13.8 Å². The fourth-order valence-electron chi connectivity index (χ4n) is 6.97. The van der Waals surface area contributed by atoms with Crippen LogP contribution in [0, 0.1) is 25.7 Å². The Morgan fingerprint density at radius 3 is 1.28 bits per heavy atom. The number of benzene rings is 3. The van der Waals surface area contributed by atoms with Gasteiger partial charge in [0.2, 0.25) is 0 Å². The summed E-state index contributed by atoms with van der Waals surface area (Å²) in [5.41, 5.74) is 4.71. The molecule has 2 heterocycles. The van der Waals surface area contributed by atoms with Crippen molar-refractivity contribution in [1.29, 1.82) is 0 Å². The van der Waals surface area contributed by atoms with Gasteiger partial charge in [-0.1, -0.05) is 90.5 Å². The summed E-state index contributed by atoms with van der Waals surface area (Å²) in [6.45, 7) is 13.6. The molecule has 0 aliphatic heterocycles. The molecule has 2 atom stereocenters. The Kier molecular flexibility index (Phi) is 11.6. The predicted molar refractivity (Wildman–Crippen MR) is 200 cm³/mol. The van der Waals surface area contributed by atoms with Gasteiger partial charge in [-0.15, -0.1) is 0 Å². The van der Waals surface area contributed by atoms with E-state index in [1.807, 2.05) is 36.4 Å². The molecule has 0 saturated heterocycles. The smallest absolute Gasteiger partial charge is 0.296 e. The Balaban J connectivity index is 1.69. The quantitative estimate of drug-likeness (QED) is 0.0959. The minimum Gasteiger partial charge on any atom is -0.324 e. The van der Waals surface area contributed by atoms with E-state index in [0.717, 1.165) is 62.5 Å². The maximum Gasteiger partial charge on any atom is 0.296 e. The van der Waals surface area contributed by atoms with Crippen molar-refractivity contribution in [2.75, 3.05) is 0 Å². The van der Waals surface area contributed by atoms with Crippen molar-refractivity contribution in [2.24, 2.45) is 11.8 Å². The second-order valence-electron chi connectivity index (χ2n) is 13.7. The van der Waals surface area contributed by atoms with Gasteiger partial charge in [0.1, 0.15) is 32.5 Å². The summed E-state index contributed by atoms with van der Waals surface area (Å²) < 4.78 is 74.4. The lowest BCUT2D eigenvalue weighted by molar-refractivity contribution is 0.397. The van der Waals surface area contributed by atoms with E-state index in [2.05, 4.69) is 36.8 Å². The van der Waals surface area contributed by atoms with Crippen molar-refractivity contribution in [1.82, 2.24) is 19.1 Å². The van der Waals surface area contributed by atoms with Crippen molar-refractivity contribution in [2.45, 2.75) is 116 Å². The number of hydrogen-bond acceptors (Lipinski definition) is 6. The standard InChI is InChI=1S/C38H50N4O6S2/c1-7-11-13-27(9-3)23-41-31-19-25(5)21-33(49(43,44)45)35(31)39-37(41)29-15-17-30(18-16-29)38-40-36-32(20-26(6)22-34(36)50(46,47)48)42(38)24-28(10-4)14-12-8-2/h15-22,27-28H,7-14,23-24H2,1-6H3,(H,43,44,45)(H,46,47,48). The van der Waals surface area contributed by atoms with Crippen LogP contribution in [-0.4, -0.2) is 45.0 Å². The number of hydrogen-bond donors (Lipinski definition) is 2. The van der Waals surface area contributed by atoms with Crippen LogP contribution in [0.2, 0.25) is 0 Å². The predicted octanol–water partition coefficient (Wildman–Crippen LogP) is 9.26. The number of nitrogens with zero attached hydrogens (tertiary/aromatic N) is 4. The third-order valence-corrected chi connectivity index (χ3v) is 11.6. The van der Waals surface area contributed by atoms with E-state index in [-0.39, 0.29) is 20.8 Å². The van der Waals surface area contributed by atoms with Gasteiger partial charge in [0.25, 0.3) is 20.2 Å². The fourth-order valence-corrected chi connectivity index (χ4v) is 8.43. The molecule has 0 aliphatic rings. The largest absolute Gasteiger partial charge is 0.324 e. The molecule has 0 radical (unpaired) electrons. The maximum atomic E-state index is 12.5. The highest BCUT2D eigenvalue weighted by Gasteiger charge is 2.26. The molecular formula is C38H50N4O6S2. The maximum absolute atomic E-state index is 12.5. The Labute approximate surface area is 296 Å². The van der Waals surface area contributed by atoms with Crippen LogP contribution < -0.4 is 0 Å². The molecule has 270 valence electrons. The minimum atomic E-state index is -4.53. The van der Waals surface area contributed by atoms with Crippen molar-refractivity contribution in [3.63, 3.8) is 0 Å². The molecule has 3 aromatic carbocycles. The van der Waals surface area contributed by atoms with E-state index >= 15 is 0 Å². The number of unbranched alkanes of at least 4 members (excludes halogenated alkanes) is 2. The number of aromatic nitrogens is 4. The summed E-state index contributed by atoms with van der Waals surface area (Å²) in [6.07, 6.45) is 8.29. The Hall–Kier alpha value is -3.58. The van der Waals surface area contributed by atoms with Crippen LogP contribution in [0.15, 0.2) is 58.3 Å². The van der Waals surface area contributed by atoms with E-state index in [0.29, 0.717) is 58.7 Å². The molecule has 2 N–H and O–H groups in total. The summed E-state index contributed by atoms with van der Waals surface area (Å²) in [4.78, 5) is 9.28. The first-order valence-corrected chi connectivity index (χ1v) is 20.7. The van der Waals surface area contributed by atoms with Crippen LogP contribution >= 0.6 is 0 Å². The molecule has 0 spiro atoms. The second kappa shape index (κ2) is 15.3. The summed E-state index contributed by atoms with van der Waals surface area (Å²) in [5, 5.41) is 0. The van der Waals surface area contributed by atoms with Gasteiger partial charge in [-0.05, 0) is 73.9 Å². The van der Waals surface area contributed by atoms with E-state index < -0.39 is 20.2 Å². The zero-order valence-electron chi connectivity index (χ0n) is 30.0. The lowest BCUT2D eigenvalue weighted by Crippen LogP contribution is -2.12. The van der Waals surface area contributed by atoms with Crippen LogP contribution in [0.3, 0.4) is 0 Å². The van der Waals surface area contributed by atoms with Crippen LogP contribution in [0.25, 0.3) is 44.8 Å². The highest BCUT2D eigenvalue weighted by Crippen LogP contribution is 2.35. The normalized spacial score (nSPS) is 13.8. The first kappa shape index (κ1) is 37.7. The van der Waals surface area contributed by atoms with Crippen molar-refractivity contribution in [3.8, 4) is 22.8 Å². The average Bonchev–Trinajstić information content (AvgIpc) is 3.60. The van der Waals surface area contributed by atoms with Crippen molar-refractivity contribution in [3.05, 3.63) is 59.7 Å².